The van der Waals surface area contributed by atoms with Gasteiger partial charge >= 0.3 is 4.87 Å². The number of carbonyl (C=O) groups excluding carboxylic acids is 1. The minimum Gasteiger partial charge on any atom is -0.497 e. The summed E-state index contributed by atoms with van der Waals surface area (Å²) in [5.74, 6) is 1.84. The molecule has 2 heterocycles. The topological polar surface area (TPSA) is 60.8 Å². The van der Waals surface area contributed by atoms with Crippen LogP contribution in [0.4, 0.5) is 11.5 Å². The maximum Gasteiger partial charge on any atom is 0.308 e. The van der Waals surface area contributed by atoms with Crippen molar-refractivity contribution >= 4 is 28.7 Å². The molecule has 144 valence electrons. The van der Waals surface area contributed by atoms with E-state index < -0.39 is 0 Å². The van der Waals surface area contributed by atoms with E-state index in [2.05, 4.69) is 0 Å². The average Bonchev–Trinajstić information content (AvgIpc) is 3.02. The molecule has 0 N–H and O–H groups in total. The molecule has 1 amide bonds. The van der Waals surface area contributed by atoms with E-state index >= 15 is 0 Å². The van der Waals surface area contributed by atoms with Gasteiger partial charge in [0.1, 0.15) is 17.3 Å². The maximum atomic E-state index is 13.2. The zero-order valence-corrected chi connectivity index (χ0v) is 16.7. The molecule has 0 bridgehead atoms. The first-order valence-electron chi connectivity index (χ1n) is 8.84. The molecule has 3 aromatic rings. The van der Waals surface area contributed by atoms with Crippen molar-refractivity contribution in [1.82, 2.24) is 4.57 Å². The summed E-state index contributed by atoms with van der Waals surface area (Å²) >= 11 is 1.19. The number of hydrogen-bond donors (Lipinski definition) is 0. The fraction of sp³-hybridized carbons (Fsp3) is 0.238. The van der Waals surface area contributed by atoms with Crippen LogP contribution in [0, 0.1) is 0 Å². The van der Waals surface area contributed by atoms with Crippen LogP contribution in [0.2, 0.25) is 0 Å². The van der Waals surface area contributed by atoms with Crippen molar-refractivity contribution in [3.05, 3.63) is 68.6 Å². The summed E-state index contributed by atoms with van der Waals surface area (Å²) in [6, 6.07) is 14.9. The van der Waals surface area contributed by atoms with E-state index in [1.54, 1.807) is 42.9 Å². The van der Waals surface area contributed by atoms with Crippen LogP contribution in [-0.2, 0) is 11.8 Å². The van der Waals surface area contributed by atoms with E-state index in [9.17, 15) is 9.59 Å². The SMILES string of the molecule is COc1ccc(N2C(=O)CC(c3cccc(OC)c3)c3sc(=O)n(C)c32)cc1. The predicted octanol–water partition coefficient (Wildman–Crippen LogP) is 3.66. The quantitative estimate of drug-likeness (QED) is 0.675. The van der Waals surface area contributed by atoms with E-state index in [0.29, 0.717) is 17.3 Å². The molecule has 1 unspecified atom stereocenters. The van der Waals surface area contributed by atoms with Crippen molar-refractivity contribution in [3.63, 3.8) is 0 Å². The lowest BCUT2D eigenvalue weighted by atomic mass is 9.90. The third-order valence-corrected chi connectivity index (χ3v) is 6.13. The zero-order chi connectivity index (χ0) is 19.8. The molecule has 0 fully saturated rings. The third-order valence-electron chi connectivity index (χ3n) is 4.99. The minimum atomic E-state index is -0.175. The summed E-state index contributed by atoms with van der Waals surface area (Å²) in [4.78, 5) is 28.1. The van der Waals surface area contributed by atoms with E-state index in [-0.39, 0.29) is 23.1 Å². The Kier molecular flexibility index (Phi) is 4.68. The van der Waals surface area contributed by atoms with Gasteiger partial charge in [-0.15, -0.1) is 0 Å². The number of methoxy groups -OCH3 is 2. The van der Waals surface area contributed by atoms with Gasteiger partial charge in [-0.05, 0) is 42.0 Å². The Hall–Kier alpha value is -3.06. The van der Waals surface area contributed by atoms with Gasteiger partial charge in [0, 0.05) is 19.4 Å². The van der Waals surface area contributed by atoms with Crippen LogP contribution in [0.25, 0.3) is 0 Å². The second-order valence-corrected chi connectivity index (χ2v) is 7.57. The van der Waals surface area contributed by atoms with Crippen LogP contribution in [-0.4, -0.2) is 24.7 Å². The Balaban J connectivity index is 1.85. The molecule has 0 saturated carbocycles. The highest BCUT2D eigenvalue weighted by atomic mass is 32.1. The standard InChI is InChI=1S/C21H20N2O4S/c1-22-20-19(28-21(22)25)17(13-5-4-6-16(11-13)27-3)12-18(24)23(20)14-7-9-15(26-2)10-8-14/h4-11,17H,12H2,1-3H3. The number of anilines is 2. The van der Waals surface area contributed by atoms with Crippen molar-refractivity contribution in [3.8, 4) is 11.5 Å². The first-order chi connectivity index (χ1) is 13.5. The highest BCUT2D eigenvalue weighted by Crippen LogP contribution is 2.45. The molecule has 1 aliphatic rings. The number of rotatable bonds is 4. The van der Waals surface area contributed by atoms with Crippen LogP contribution in [0.1, 0.15) is 22.8 Å². The van der Waals surface area contributed by atoms with Crippen LogP contribution in [0.5, 0.6) is 11.5 Å². The van der Waals surface area contributed by atoms with Gasteiger partial charge in [-0.3, -0.25) is 19.1 Å². The van der Waals surface area contributed by atoms with Crippen molar-refractivity contribution < 1.29 is 14.3 Å². The molecule has 1 atom stereocenters. The van der Waals surface area contributed by atoms with E-state index in [0.717, 1.165) is 16.2 Å². The summed E-state index contributed by atoms with van der Waals surface area (Å²) in [5.41, 5.74) is 1.68. The molecular weight excluding hydrogens is 376 g/mol. The number of ether oxygens (including phenoxy) is 2. The second-order valence-electron chi connectivity index (χ2n) is 6.58. The van der Waals surface area contributed by atoms with Gasteiger partial charge in [-0.1, -0.05) is 23.5 Å². The van der Waals surface area contributed by atoms with Crippen molar-refractivity contribution in [2.75, 3.05) is 19.1 Å². The van der Waals surface area contributed by atoms with Crippen LogP contribution in [0.3, 0.4) is 0 Å². The highest BCUT2D eigenvalue weighted by molar-refractivity contribution is 7.10. The van der Waals surface area contributed by atoms with Gasteiger partial charge in [0.2, 0.25) is 5.91 Å². The lowest BCUT2D eigenvalue weighted by Gasteiger charge is -2.32. The largest absolute Gasteiger partial charge is 0.497 e. The first kappa shape index (κ1) is 18.3. The number of carbonyl (C=O) groups is 1. The van der Waals surface area contributed by atoms with E-state index in [1.807, 2.05) is 36.4 Å². The number of nitrogens with zero attached hydrogens (tertiary/aromatic N) is 2. The van der Waals surface area contributed by atoms with Gasteiger partial charge in [-0.25, -0.2) is 0 Å². The van der Waals surface area contributed by atoms with Crippen molar-refractivity contribution in [2.24, 2.45) is 7.05 Å². The molecule has 0 aliphatic carbocycles. The molecule has 1 aliphatic heterocycles. The third kappa shape index (κ3) is 2.97. The number of benzene rings is 2. The molecule has 0 radical (unpaired) electrons. The molecule has 7 heteroatoms. The van der Waals surface area contributed by atoms with Crippen LogP contribution in [0.15, 0.2) is 53.3 Å². The second kappa shape index (κ2) is 7.16. The number of thiazole rings is 1. The number of aromatic nitrogens is 1. The fourth-order valence-corrected chi connectivity index (χ4v) is 4.64. The number of amides is 1. The minimum absolute atomic E-state index is 0.0566. The smallest absolute Gasteiger partial charge is 0.308 e. The summed E-state index contributed by atoms with van der Waals surface area (Å²) in [7, 11) is 4.92. The van der Waals surface area contributed by atoms with Gasteiger partial charge < -0.3 is 9.47 Å². The Labute approximate surface area is 166 Å². The average molecular weight is 396 g/mol. The number of hydrogen-bond acceptors (Lipinski definition) is 5. The summed E-state index contributed by atoms with van der Waals surface area (Å²) in [6.45, 7) is 0. The lowest BCUT2D eigenvalue weighted by molar-refractivity contribution is -0.118. The van der Waals surface area contributed by atoms with E-state index in [4.69, 9.17) is 9.47 Å². The van der Waals surface area contributed by atoms with Crippen LogP contribution < -0.4 is 19.2 Å². The van der Waals surface area contributed by atoms with Gasteiger partial charge in [-0.2, -0.15) is 0 Å². The highest BCUT2D eigenvalue weighted by Gasteiger charge is 2.37. The fourth-order valence-electron chi connectivity index (χ4n) is 3.55. The Morgan fingerprint density at radius 2 is 1.71 bits per heavy atom. The number of fused-ring (bicyclic) bond motifs is 1. The molecule has 4 rings (SSSR count). The van der Waals surface area contributed by atoms with Crippen LogP contribution >= 0.6 is 11.3 Å². The lowest BCUT2D eigenvalue weighted by Crippen LogP contribution is -2.34. The molecular formula is C21H20N2O4S. The van der Waals surface area contributed by atoms with Gasteiger partial charge in [0.15, 0.2) is 0 Å². The Morgan fingerprint density at radius 1 is 1.00 bits per heavy atom. The van der Waals surface area contributed by atoms with Gasteiger partial charge in [0.25, 0.3) is 0 Å². The monoisotopic (exact) mass is 396 g/mol. The molecule has 1 aromatic heterocycles. The first-order valence-corrected chi connectivity index (χ1v) is 9.65. The van der Waals surface area contributed by atoms with Gasteiger partial charge in [0.05, 0.1) is 24.8 Å². The Bertz CT molecular complexity index is 1080. The molecule has 6 nitrogen and oxygen atoms in total. The molecule has 28 heavy (non-hydrogen) atoms. The maximum absolute atomic E-state index is 13.2. The van der Waals surface area contributed by atoms with Crippen molar-refractivity contribution in [2.45, 2.75) is 12.3 Å². The van der Waals surface area contributed by atoms with Crippen molar-refractivity contribution in [1.29, 1.82) is 0 Å². The summed E-state index contributed by atoms with van der Waals surface area (Å²) < 4.78 is 12.1. The molecule has 0 saturated heterocycles. The Morgan fingerprint density at radius 3 is 2.39 bits per heavy atom. The summed E-state index contributed by atoms with van der Waals surface area (Å²) in [5, 5.41) is 0. The summed E-state index contributed by atoms with van der Waals surface area (Å²) in [6.07, 6.45) is 0.284. The zero-order valence-electron chi connectivity index (χ0n) is 15.8. The molecule has 2 aromatic carbocycles. The predicted molar refractivity (Wildman–Crippen MR) is 109 cm³/mol. The van der Waals surface area contributed by atoms with E-state index in [1.165, 1.54) is 11.3 Å². The normalized spacial score (nSPS) is 16.0. The molecule has 0 spiro atoms.